The summed E-state index contributed by atoms with van der Waals surface area (Å²) in [6.07, 6.45) is 2.43. The number of rotatable bonds is 6. The molecular formula is C13H23BrN2S. The number of thiophene rings is 1. The van der Waals surface area contributed by atoms with Gasteiger partial charge in [-0.3, -0.25) is 4.90 Å². The summed E-state index contributed by atoms with van der Waals surface area (Å²) in [7, 11) is 2.18. The van der Waals surface area contributed by atoms with Crippen LogP contribution in [0.25, 0.3) is 0 Å². The molecule has 0 aliphatic carbocycles. The third-order valence-corrected chi connectivity index (χ3v) is 4.92. The van der Waals surface area contributed by atoms with Crippen molar-refractivity contribution in [2.75, 3.05) is 7.05 Å². The summed E-state index contributed by atoms with van der Waals surface area (Å²) in [5.74, 6) is 0. The van der Waals surface area contributed by atoms with Crippen LogP contribution in [-0.4, -0.2) is 24.0 Å². The Morgan fingerprint density at radius 2 is 2.06 bits per heavy atom. The van der Waals surface area contributed by atoms with Gasteiger partial charge in [-0.1, -0.05) is 13.3 Å². The molecule has 0 aliphatic heterocycles. The van der Waals surface area contributed by atoms with E-state index in [9.17, 15) is 0 Å². The lowest BCUT2D eigenvalue weighted by Crippen LogP contribution is -2.41. The monoisotopic (exact) mass is 318 g/mol. The SMILES string of the molecule is CCCC(C)N(C)C(c1ccc(Br)s1)C(C)N. The lowest BCUT2D eigenvalue weighted by molar-refractivity contribution is 0.160. The van der Waals surface area contributed by atoms with E-state index < -0.39 is 0 Å². The second-order valence-electron chi connectivity index (χ2n) is 4.75. The first-order valence-electron chi connectivity index (χ1n) is 6.20. The first kappa shape index (κ1) is 15.2. The average molecular weight is 319 g/mol. The average Bonchev–Trinajstić information content (AvgIpc) is 2.64. The maximum atomic E-state index is 6.16. The lowest BCUT2D eigenvalue weighted by atomic mass is 10.0. The number of hydrogen-bond donors (Lipinski definition) is 1. The van der Waals surface area contributed by atoms with Crippen LogP contribution in [-0.2, 0) is 0 Å². The quantitative estimate of drug-likeness (QED) is 0.858. The Hall–Kier alpha value is 0.1000. The molecule has 0 radical (unpaired) electrons. The fourth-order valence-corrected chi connectivity index (χ4v) is 3.91. The molecule has 1 rings (SSSR count). The maximum Gasteiger partial charge on any atom is 0.0702 e. The Morgan fingerprint density at radius 1 is 1.41 bits per heavy atom. The van der Waals surface area contributed by atoms with Crippen LogP contribution in [0.1, 0.15) is 44.5 Å². The molecule has 3 atom stereocenters. The van der Waals surface area contributed by atoms with Crippen LogP contribution in [0, 0.1) is 0 Å². The molecule has 2 N–H and O–H groups in total. The first-order chi connectivity index (χ1) is 7.97. The predicted molar refractivity (Wildman–Crippen MR) is 80.5 cm³/mol. The summed E-state index contributed by atoms with van der Waals surface area (Å²) in [6, 6.07) is 5.31. The van der Waals surface area contributed by atoms with Gasteiger partial charge in [-0.25, -0.2) is 0 Å². The summed E-state index contributed by atoms with van der Waals surface area (Å²) in [4.78, 5) is 3.75. The van der Waals surface area contributed by atoms with E-state index in [1.165, 1.54) is 21.5 Å². The normalized spacial score (nSPS) is 17.1. The van der Waals surface area contributed by atoms with Gasteiger partial charge in [0.1, 0.15) is 0 Å². The van der Waals surface area contributed by atoms with Crippen LogP contribution in [0.5, 0.6) is 0 Å². The molecule has 98 valence electrons. The van der Waals surface area contributed by atoms with Crippen molar-refractivity contribution in [2.24, 2.45) is 5.73 Å². The van der Waals surface area contributed by atoms with Gasteiger partial charge in [-0.2, -0.15) is 0 Å². The third-order valence-electron chi connectivity index (χ3n) is 3.22. The fraction of sp³-hybridized carbons (Fsp3) is 0.692. The van der Waals surface area contributed by atoms with E-state index in [4.69, 9.17) is 5.73 Å². The van der Waals surface area contributed by atoms with Gasteiger partial charge in [0.25, 0.3) is 0 Å². The van der Waals surface area contributed by atoms with Gasteiger partial charge in [0, 0.05) is 17.0 Å². The second kappa shape index (κ2) is 6.88. The third kappa shape index (κ3) is 4.05. The minimum Gasteiger partial charge on any atom is -0.326 e. The molecule has 0 bridgehead atoms. The second-order valence-corrected chi connectivity index (χ2v) is 7.24. The van der Waals surface area contributed by atoms with E-state index in [0.29, 0.717) is 12.1 Å². The zero-order chi connectivity index (χ0) is 13.0. The van der Waals surface area contributed by atoms with Crippen molar-refractivity contribution >= 4 is 27.3 Å². The molecule has 0 fully saturated rings. The molecule has 1 aromatic rings. The Labute approximate surface area is 117 Å². The highest BCUT2D eigenvalue weighted by Gasteiger charge is 2.25. The van der Waals surface area contributed by atoms with Crippen LogP contribution < -0.4 is 5.73 Å². The number of hydrogen-bond acceptors (Lipinski definition) is 3. The largest absolute Gasteiger partial charge is 0.326 e. The van der Waals surface area contributed by atoms with Gasteiger partial charge in [0.05, 0.1) is 9.83 Å². The highest BCUT2D eigenvalue weighted by atomic mass is 79.9. The van der Waals surface area contributed by atoms with E-state index in [1.54, 1.807) is 11.3 Å². The Kier molecular flexibility index (Phi) is 6.13. The summed E-state index contributed by atoms with van der Waals surface area (Å²) in [5.41, 5.74) is 6.16. The highest BCUT2D eigenvalue weighted by Crippen LogP contribution is 2.33. The molecule has 0 aromatic carbocycles. The summed E-state index contributed by atoms with van der Waals surface area (Å²) >= 11 is 5.31. The molecule has 4 heteroatoms. The number of nitrogens with two attached hydrogens (primary N) is 1. The Balaban J connectivity index is 2.86. The topological polar surface area (TPSA) is 29.3 Å². The molecule has 0 amide bonds. The van der Waals surface area contributed by atoms with Crippen LogP contribution in [0.2, 0.25) is 0 Å². The molecule has 3 unspecified atom stereocenters. The van der Waals surface area contributed by atoms with Gasteiger partial charge in [-0.15, -0.1) is 11.3 Å². The molecule has 1 heterocycles. The van der Waals surface area contributed by atoms with Crippen molar-refractivity contribution in [3.8, 4) is 0 Å². The zero-order valence-electron chi connectivity index (χ0n) is 11.1. The Morgan fingerprint density at radius 3 is 2.47 bits per heavy atom. The molecule has 0 saturated carbocycles. The van der Waals surface area contributed by atoms with Crippen molar-refractivity contribution in [3.05, 3.63) is 20.8 Å². The van der Waals surface area contributed by atoms with Crippen molar-refractivity contribution in [3.63, 3.8) is 0 Å². The minimum absolute atomic E-state index is 0.143. The first-order valence-corrected chi connectivity index (χ1v) is 7.81. The number of likely N-dealkylation sites (N-methyl/N-ethyl adjacent to an activating group) is 1. The minimum atomic E-state index is 0.143. The van der Waals surface area contributed by atoms with Crippen LogP contribution in [0.4, 0.5) is 0 Å². The molecule has 1 aromatic heterocycles. The molecule has 0 saturated heterocycles. The van der Waals surface area contributed by atoms with Gasteiger partial charge >= 0.3 is 0 Å². The smallest absolute Gasteiger partial charge is 0.0702 e. The van der Waals surface area contributed by atoms with Crippen LogP contribution in [0.3, 0.4) is 0 Å². The molecule has 0 spiro atoms. The van der Waals surface area contributed by atoms with Crippen molar-refractivity contribution in [1.29, 1.82) is 0 Å². The van der Waals surface area contributed by atoms with Crippen molar-refractivity contribution in [1.82, 2.24) is 4.90 Å². The van der Waals surface area contributed by atoms with E-state index in [1.807, 2.05) is 0 Å². The van der Waals surface area contributed by atoms with Crippen molar-refractivity contribution in [2.45, 2.75) is 51.7 Å². The molecular weight excluding hydrogens is 296 g/mol. The van der Waals surface area contributed by atoms with Gasteiger partial charge < -0.3 is 5.73 Å². The highest BCUT2D eigenvalue weighted by molar-refractivity contribution is 9.11. The zero-order valence-corrected chi connectivity index (χ0v) is 13.5. The van der Waals surface area contributed by atoms with Gasteiger partial charge in [0.15, 0.2) is 0 Å². The van der Waals surface area contributed by atoms with E-state index in [-0.39, 0.29) is 6.04 Å². The van der Waals surface area contributed by atoms with Crippen molar-refractivity contribution < 1.29 is 0 Å². The molecule has 0 aliphatic rings. The lowest BCUT2D eigenvalue weighted by Gasteiger charge is -2.35. The summed E-state index contributed by atoms with van der Waals surface area (Å²) in [5, 5.41) is 0. The van der Waals surface area contributed by atoms with Crippen LogP contribution >= 0.6 is 27.3 Å². The summed E-state index contributed by atoms with van der Waals surface area (Å²) in [6.45, 7) is 6.60. The standard InChI is InChI=1S/C13H23BrN2S/c1-5-6-9(2)16(4)13(10(3)15)11-7-8-12(14)17-11/h7-10,13H,5-6,15H2,1-4H3. The predicted octanol–water partition coefficient (Wildman–Crippen LogP) is 4.02. The van der Waals surface area contributed by atoms with Gasteiger partial charge in [-0.05, 0) is 55.4 Å². The molecule has 2 nitrogen and oxygen atoms in total. The van der Waals surface area contributed by atoms with Gasteiger partial charge in [0.2, 0.25) is 0 Å². The van der Waals surface area contributed by atoms with E-state index in [0.717, 1.165) is 0 Å². The maximum absolute atomic E-state index is 6.16. The number of halogens is 1. The Bertz CT molecular complexity index is 338. The van der Waals surface area contributed by atoms with Crippen LogP contribution in [0.15, 0.2) is 15.9 Å². The van der Waals surface area contributed by atoms with E-state index >= 15 is 0 Å². The summed E-state index contributed by atoms with van der Waals surface area (Å²) < 4.78 is 1.18. The van der Waals surface area contributed by atoms with E-state index in [2.05, 4.69) is 60.8 Å². The number of nitrogens with zero attached hydrogens (tertiary/aromatic N) is 1. The fourth-order valence-electron chi connectivity index (χ4n) is 2.21. The molecule has 17 heavy (non-hydrogen) atoms.